The van der Waals surface area contributed by atoms with Crippen molar-refractivity contribution in [2.45, 2.75) is 51.6 Å². The summed E-state index contributed by atoms with van der Waals surface area (Å²) in [6.45, 7) is 2.21. The van der Waals surface area contributed by atoms with E-state index < -0.39 is 0 Å². The van der Waals surface area contributed by atoms with Gasteiger partial charge in [0.1, 0.15) is 0 Å². The highest BCUT2D eigenvalue weighted by molar-refractivity contribution is 5.12. The fourth-order valence-corrected chi connectivity index (χ4v) is 1.69. The minimum absolute atomic E-state index is 0.311. The maximum atomic E-state index is 9.85. The largest absolute Gasteiger partial charge is 0.388 e. The minimum atomic E-state index is -0.311. The van der Waals surface area contributed by atoms with Crippen LogP contribution in [0.1, 0.15) is 57.1 Å². The summed E-state index contributed by atoms with van der Waals surface area (Å²) < 4.78 is 0. The van der Waals surface area contributed by atoms with Crippen molar-refractivity contribution >= 4 is 0 Å². The van der Waals surface area contributed by atoms with E-state index in [1.54, 1.807) is 12.4 Å². The van der Waals surface area contributed by atoms with Gasteiger partial charge in [-0.1, -0.05) is 39.0 Å². The predicted molar refractivity (Wildman–Crippen MR) is 62.6 cm³/mol. The molecule has 0 aliphatic carbocycles. The number of unbranched alkanes of at least 4 members (excludes halogenated alkanes) is 4. The summed E-state index contributed by atoms with van der Waals surface area (Å²) in [4.78, 5) is 3.94. The number of hydrogen-bond acceptors (Lipinski definition) is 2. The Morgan fingerprint density at radius 3 is 2.47 bits per heavy atom. The third-order valence-electron chi connectivity index (χ3n) is 2.67. The van der Waals surface area contributed by atoms with Crippen LogP contribution < -0.4 is 0 Å². The lowest BCUT2D eigenvalue weighted by atomic mass is 10.0. The van der Waals surface area contributed by atoms with Crippen LogP contribution in [0.15, 0.2) is 24.5 Å². The fourth-order valence-electron chi connectivity index (χ4n) is 1.69. The molecule has 1 unspecified atom stereocenters. The zero-order chi connectivity index (χ0) is 10.9. The van der Waals surface area contributed by atoms with Gasteiger partial charge in [-0.05, 0) is 24.1 Å². The molecule has 1 aromatic rings. The average Bonchev–Trinajstić information content (AvgIpc) is 2.30. The van der Waals surface area contributed by atoms with E-state index in [9.17, 15) is 5.11 Å². The molecule has 2 nitrogen and oxygen atoms in total. The number of nitrogens with zero attached hydrogens (tertiary/aromatic N) is 1. The van der Waals surface area contributed by atoms with Gasteiger partial charge in [-0.25, -0.2) is 0 Å². The van der Waals surface area contributed by atoms with E-state index in [-0.39, 0.29) is 6.10 Å². The van der Waals surface area contributed by atoms with Gasteiger partial charge in [0.25, 0.3) is 0 Å². The number of pyridine rings is 1. The molecule has 0 bridgehead atoms. The molecule has 1 aromatic heterocycles. The van der Waals surface area contributed by atoms with E-state index in [4.69, 9.17) is 0 Å². The molecule has 0 fully saturated rings. The molecule has 0 aromatic carbocycles. The van der Waals surface area contributed by atoms with Gasteiger partial charge in [0.05, 0.1) is 6.10 Å². The van der Waals surface area contributed by atoms with E-state index >= 15 is 0 Å². The minimum Gasteiger partial charge on any atom is -0.388 e. The molecule has 0 radical (unpaired) electrons. The molecule has 0 aliphatic heterocycles. The average molecular weight is 207 g/mol. The highest BCUT2D eigenvalue weighted by Gasteiger charge is 2.05. The van der Waals surface area contributed by atoms with E-state index in [1.807, 2.05) is 12.1 Å². The smallest absolute Gasteiger partial charge is 0.0791 e. The molecule has 0 aliphatic rings. The summed E-state index contributed by atoms with van der Waals surface area (Å²) in [6, 6.07) is 3.77. The molecule has 84 valence electrons. The molecule has 0 saturated heterocycles. The zero-order valence-electron chi connectivity index (χ0n) is 9.52. The number of rotatable bonds is 7. The molecule has 1 rings (SSSR count). The number of aromatic nitrogens is 1. The Labute approximate surface area is 92.4 Å². The van der Waals surface area contributed by atoms with E-state index in [2.05, 4.69) is 11.9 Å². The van der Waals surface area contributed by atoms with Gasteiger partial charge in [0.2, 0.25) is 0 Å². The van der Waals surface area contributed by atoms with Gasteiger partial charge in [-0.15, -0.1) is 0 Å². The number of hydrogen-bond donors (Lipinski definition) is 1. The molecule has 1 atom stereocenters. The normalized spacial score (nSPS) is 12.7. The maximum Gasteiger partial charge on any atom is 0.0791 e. The Morgan fingerprint density at radius 2 is 1.80 bits per heavy atom. The molecule has 15 heavy (non-hydrogen) atoms. The van der Waals surface area contributed by atoms with Gasteiger partial charge in [0, 0.05) is 12.4 Å². The molecule has 0 amide bonds. The monoisotopic (exact) mass is 207 g/mol. The van der Waals surface area contributed by atoms with Crippen LogP contribution in [-0.2, 0) is 0 Å². The van der Waals surface area contributed by atoms with Gasteiger partial charge >= 0.3 is 0 Å². The van der Waals surface area contributed by atoms with Crippen LogP contribution in [0.5, 0.6) is 0 Å². The van der Waals surface area contributed by atoms with Crippen LogP contribution in [0.2, 0.25) is 0 Å². The van der Waals surface area contributed by atoms with Crippen molar-refractivity contribution in [3.8, 4) is 0 Å². The highest BCUT2D eigenvalue weighted by atomic mass is 16.3. The predicted octanol–water partition coefficient (Wildman–Crippen LogP) is 3.48. The number of aliphatic hydroxyl groups excluding tert-OH is 1. The molecule has 1 N–H and O–H groups in total. The van der Waals surface area contributed by atoms with Gasteiger partial charge < -0.3 is 5.11 Å². The Balaban J connectivity index is 2.16. The number of aliphatic hydroxyl groups is 1. The molecule has 0 spiro atoms. The van der Waals surface area contributed by atoms with E-state index in [1.165, 1.54) is 25.7 Å². The standard InChI is InChI=1S/C13H21NO/c1-2-3-4-5-6-7-13(15)12-8-10-14-11-9-12/h8-11,13,15H,2-7H2,1H3. The topological polar surface area (TPSA) is 33.1 Å². The summed E-state index contributed by atoms with van der Waals surface area (Å²) in [5, 5.41) is 9.85. The Hall–Kier alpha value is -0.890. The lowest BCUT2D eigenvalue weighted by Crippen LogP contribution is -1.97. The molecular weight excluding hydrogens is 186 g/mol. The molecule has 0 saturated carbocycles. The van der Waals surface area contributed by atoms with Crippen LogP contribution in [0.4, 0.5) is 0 Å². The van der Waals surface area contributed by atoms with Crippen molar-refractivity contribution < 1.29 is 5.11 Å². The second-order valence-corrected chi connectivity index (χ2v) is 4.00. The van der Waals surface area contributed by atoms with Crippen molar-refractivity contribution in [2.75, 3.05) is 0 Å². The first kappa shape index (κ1) is 12.2. The lowest BCUT2D eigenvalue weighted by molar-refractivity contribution is 0.163. The van der Waals surface area contributed by atoms with Crippen LogP contribution in [0.3, 0.4) is 0 Å². The molecule has 1 heterocycles. The summed E-state index contributed by atoms with van der Waals surface area (Å²) in [5.41, 5.74) is 0.987. The van der Waals surface area contributed by atoms with E-state index in [0.29, 0.717) is 0 Å². The van der Waals surface area contributed by atoms with Crippen LogP contribution >= 0.6 is 0 Å². The summed E-state index contributed by atoms with van der Waals surface area (Å²) >= 11 is 0. The fraction of sp³-hybridized carbons (Fsp3) is 0.615. The Morgan fingerprint density at radius 1 is 1.13 bits per heavy atom. The quantitative estimate of drug-likeness (QED) is 0.694. The van der Waals surface area contributed by atoms with Crippen molar-refractivity contribution in [3.05, 3.63) is 30.1 Å². The molecular formula is C13H21NO. The first-order valence-corrected chi connectivity index (χ1v) is 5.92. The highest BCUT2D eigenvalue weighted by Crippen LogP contribution is 2.19. The summed E-state index contributed by atoms with van der Waals surface area (Å²) in [5.74, 6) is 0. The van der Waals surface area contributed by atoms with Crippen molar-refractivity contribution in [3.63, 3.8) is 0 Å². The van der Waals surface area contributed by atoms with Gasteiger partial charge in [-0.2, -0.15) is 0 Å². The first-order chi connectivity index (χ1) is 7.34. The van der Waals surface area contributed by atoms with E-state index in [0.717, 1.165) is 18.4 Å². The summed E-state index contributed by atoms with van der Waals surface area (Å²) in [6.07, 6.45) is 10.2. The second kappa shape index (κ2) is 7.41. The first-order valence-electron chi connectivity index (χ1n) is 5.92. The van der Waals surface area contributed by atoms with Crippen LogP contribution in [0, 0.1) is 0 Å². The van der Waals surface area contributed by atoms with Crippen molar-refractivity contribution in [1.82, 2.24) is 4.98 Å². The van der Waals surface area contributed by atoms with Crippen molar-refractivity contribution in [2.24, 2.45) is 0 Å². The summed E-state index contributed by atoms with van der Waals surface area (Å²) in [7, 11) is 0. The zero-order valence-corrected chi connectivity index (χ0v) is 9.52. The van der Waals surface area contributed by atoms with Crippen LogP contribution in [-0.4, -0.2) is 10.1 Å². The van der Waals surface area contributed by atoms with Crippen molar-refractivity contribution in [1.29, 1.82) is 0 Å². The Kier molecular flexibility index (Phi) is 6.02. The SMILES string of the molecule is CCCCCCCC(O)c1ccncc1. The third kappa shape index (κ3) is 4.93. The molecule has 2 heteroatoms. The van der Waals surface area contributed by atoms with Gasteiger partial charge in [-0.3, -0.25) is 4.98 Å². The van der Waals surface area contributed by atoms with Crippen LogP contribution in [0.25, 0.3) is 0 Å². The second-order valence-electron chi connectivity index (χ2n) is 4.00. The van der Waals surface area contributed by atoms with Gasteiger partial charge in [0.15, 0.2) is 0 Å². The lowest BCUT2D eigenvalue weighted by Gasteiger charge is -2.09. The maximum absolute atomic E-state index is 9.85. The Bertz CT molecular complexity index is 248. The third-order valence-corrected chi connectivity index (χ3v) is 2.67.